The Hall–Kier alpha value is -2.50. The topological polar surface area (TPSA) is 56.5 Å². The van der Waals surface area contributed by atoms with Crippen LogP contribution < -0.4 is 20.9 Å². The van der Waals surface area contributed by atoms with Crippen molar-refractivity contribution in [1.82, 2.24) is 9.13 Å². The van der Waals surface area contributed by atoms with Crippen LogP contribution in [0.5, 0.6) is 5.75 Å². The highest BCUT2D eigenvalue weighted by molar-refractivity contribution is 5.50. The third kappa shape index (κ3) is 3.48. The molecule has 0 radical (unpaired) electrons. The Balaban J connectivity index is 1.98. The summed E-state index contributed by atoms with van der Waals surface area (Å²) in [5, 5.41) is 0. The lowest BCUT2D eigenvalue weighted by Gasteiger charge is -2.32. The zero-order valence-corrected chi connectivity index (χ0v) is 15.2. The summed E-state index contributed by atoms with van der Waals surface area (Å²) < 4.78 is 7.93. The van der Waals surface area contributed by atoms with Gasteiger partial charge < -0.3 is 9.64 Å². The molecule has 0 aliphatic heterocycles. The Kier molecular flexibility index (Phi) is 4.70. The second-order valence-corrected chi connectivity index (χ2v) is 6.78. The molecule has 6 heteroatoms. The molecule has 1 saturated carbocycles. The fourth-order valence-corrected chi connectivity index (χ4v) is 3.18. The van der Waals surface area contributed by atoms with Gasteiger partial charge >= 0.3 is 5.69 Å². The third-order valence-electron chi connectivity index (χ3n) is 5.16. The van der Waals surface area contributed by atoms with Gasteiger partial charge in [0, 0.05) is 37.6 Å². The van der Waals surface area contributed by atoms with E-state index in [1.807, 2.05) is 24.3 Å². The van der Waals surface area contributed by atoms with Crippen LogP contribution in [0.2, 0.25) is 0 Å². The van der Waals surface area contributed by atoms with Gasteiger partial charge in [0.2, 0.25) is 0 Å². The molecule has 25 heavy (non-hydrogen) atoms. The quantitative estimate of drug-likeness (QED) is 0.804. The van der Waals surface area contributed by atoms with Crippen molar-refractivity contribution >= 4 is 5.69 Å². The number of benzene rings is 1. The SMILES string of the molecule is COc1ccc(N(Cc2cc(=O)n(C)c(=O)n2C)C(C)C2CC2)cc1. The number of aromatic nitrogens is 2. The second-order valence-electron chi connectivity index (χ2n) is 6.78. The minimum Gasteiger partial charge on any atom is -0.497 e. The lowest BCUT2D eigenvalue weighted by Crippen LogP contribution is -2.41. The Morgan fingerprint density at radius 2 is 1.80 bits per heavy atom. The molecule has 1 aromatic carbocycles. The first kappa shape index (κ1) is 17.3. The summed E-state index contributed by atoms with van der Waals surface area (Å²) >= 11 is 0. The second kappa shape index (κ2) is 6.78. The molecule has 0 saturated heterocycles. The van der Waals surface area contributed by atoms with Gasteiger partial charge in [-0.3, -0.25) is 13.9 Å². The molecule has 1 heterocycles. The lowest BCUT2D eigenvalue weighted by atomic mass is 10.1. The summed E-state index contributed by atoms with van der Waals surface area (Å²) in [6, 6.07) is 9.81. The van der Waals surface area contributed by atoms with Crippen molar-refractivity contribution in [2.45, 2.75) is 32.4 Å². The lowest BCUT2D eigenvalue weighted by molar-refractivity contribution is 0.414. The van der Waals surface area contributed by atoms with E-state index < -0.39 is 0 Å². The fourth-order valence-electron chi connectivity index (χ4n) is 3.18. The average Bonchev–Trinajstić information content (AvgIpc) is 3.46. The third-order valence-corrected chi connectivity index (χ3v) is 5.16. The first-order valence-corrected chi connectivity index (χ1v) is 8.59. The van der Waals surface area contributed by atoms with E-state index in [1.165, 1.54) is 19.9 Å². The summed E-state index contributed by atoms with van der Waals surface area (Å²) in [4.78, 5) is 26.5. The largest absolute Gasteiger partial charge is 0.497 e. The molecule has 0 bridgehead atoms. The molecule has 0 N–H and O–H groups in total. The Labute approximate surface area is 147 Å². The number of hydrogen-bond acceptors (Lipinski definition) is 4. The molecule has 3 rings (SSSR count). The smallest absolute Gasteiger partial charge is 0.330 e. The minimum absolute atomic E-state index is 0.271. The van der Waals surface area contributed by atoms with E-state index in [4.69, 9.17) is 4.74 Å². The normalized spacial score (nSPS) is 15.0. The van der Waals surface area contributed by atoms with Crippen LogP contribution >= 0.6 is 0 Å². The summed E-state index contributed by atoms with van der Waals surface area (Å²) in [6.45, 7) is 2.73. The number of methoxy groups -OCH3 is 1. The van der Waals surface area contributed by atoms with E-state index in [-0.39, 0.29) is 11.2 Å². The van der Waals surface area contributed by atoms with Crippen LogP contribution in [0.25, 0.3) is 0 Å². The molecule has 2 aromatic rings. The number of rotatable bonds is 6. The van der Waals surface area contributed by atoms with Gasteiger partial charge in [-0.25, -0.2) is 4.79 Å². The van der Waals surface area contributed by atoms with Crippen LogP contribution in [0.1, 0.15) is 25.5 Å². The van der Waals surface area contributed by atoms with Gasteiger partial charge in [0.15, 0.2) is 0 Å². The molecule has 1 atom stereocenters. The molecule has 1 aromatic heterocycles. The number of ether oxygens (including phenoxy) is 1. The zero-order chi connectivity index (χ0) is 18.1. The highest BCUT2D eigenvalue weighted by atomic mass is 16.5. The Bertz CT molecular complexity index is 863. The van der Waals surface area contributed by atoms with Gasteiger partial charge in [-0.15, -0.1) is 0 Å². The molecule has 1 fully saturated rings. The predicted octanol–water partition coefficient (Wildman–Crippen LogP) is 1.90. The van der Waals surface area contributed by atoms with Crippen molar-refractivity contribution in [2.75, 3.05) is 12.0 Å². The molecule has 1 unspecified atom stereocenters. The van der Waals surface area contributed by atoms with E-state index in [0.717, 1.165) is 21.7 Å². The van der Waals surface area contributed by atoms with Crippen LogP contribution in [-0.4, -0.2) is 22.3 Å². The highest BCUT2D eigenvalue weighted by Crippen LogP contribution is 2.37. The van der Waals surface area contributed by atoms with Crippen molar-refractivity contribution in [2.24, 2.45) is 20.0 Å². The van der Waals surface area contributed by atoms with Gasteiger partial charge in [0.25, 0.3) is 5.56 Å². The van der Waals surface area contributed by atoms with Crippen LogP contribution in [-0.2, 0) is 20.6 Å². The van der Waals surface area contributed by atoms with E-state index in [2.05, 4.69) is 11.8 Å². The molecular weight excluding hydrogens is 318 g/mol. The Morgan fingerprint density at radius 3 is 2.36 bits per heavy atom. The van der Waals surface area contributed by atoms with Gasteiger partial charge in [0.05, 0.1) is 13.7 Å². The predicted molar refractivity (Wildman–Crippen MR) is 98.3 cm³/mol. The standard InChI is InChI=1S/C19H25N3O3/c1-13(14-5-6-14)22(15-7-9-17(25-4)10-8-15)12-16-11-18(23)21(3)19(24)20(16)2/h7-11,13-14H,5-6,12H2,1-4H3. The zero-order valence-electron chi connectivity index (χ0n) is 15.2. The van der Waals surface area contributed by atoms with Crippen molar-refractivity contribution in [1.29, 1.82) is 0 Å². The van der Waals surface area contributed by atoms with Gasteiger partial charge in [-0.05, 0) is 49.9 Å². The number of nitrogens with zero attached hydrogens (tertiary/aromatic N) is 3. The minimum atomic E-state index is -0.295. The molecule has 1 aliphatic rings. The maximum absolute atomic E-state index is 12.2. The van der Waals surface area contributed by atoms with Crippen molar-refractivity contribution in [3.8, 4) is 5.75 Å². The van der Waals surface area contributed by atoms with E-state index in [0.29, 0.717) is 18.5 Å². The van der Waals surface area contributed by atoms with Crippen LogP contribution in [0, 0.1) is 5.92 Å². The number of anilines is 1. The monoisotopic (exact) mass is 343 g/mol. The van der Waals surface area contributed by atoms with E-state index in [9.17, 15) is 9.59 Å². The van der Waals surface area contributed by atoms with Crippen molar-refractivity contribution in [3.05, 3.63) is 56.9 Å². The first-order valence-electron chi connectivity index (χ1n) is 8.59. The maximum Gasteiger partial charge on any atom is 0.330 e. The Morgan fingerprint density at radius 1 is 1.16 bits per heavy atom. The fraction of sp³-hybridized carbons (Fsp3) is 0.474. The highest BCUT2D eigenvalue weighted by Gasteiger charge is 2.32. The van der Waals surface area contributed by atoms with Gasteiger partial charge in [-0.2, -0.15) is 0 Å². The van der Waals surface area contributed by atoms with E-state index >= 15 is 0 Å². The molecule has 6 nitrogen and oxygen atoms in total. The van der Waals surface area contributed by atoms with Gasteiger partial charge in [0.1, 0.15) is 5.75 Å². The van der Waals surface area contributed by atoms with Gasteiger partial charge in [-0.1, -0.05) is 0 Å². The summed E-state index contributed by atoms with van der Waals surface area (Å²) in [5.41, 5.74) is 1.22. The average molecular weight is 343 g/mol. The van der Waals surface area contributed by atoms with Crippen LogP contribution in [0.4, 0.5) is 5.69 Å². The summed E-state index contributed by atoms with van der Waals surface area (Å²) in [6.07, 6.45) is 2.45. The maximum atomic E-state index is 12.2. The summed E-state index contributed by atoms with van der Waals surface area (Å²) in [7, 11) is 4.86. The molecule has 1 aliphatic carbocycles. The number of hydrogen-bond donors (Lipinski definition) is 0. The first-order chi connectivity index (χ1) is 11.9. The van der Waals surface area contributed by atoms with Crippen LogP contribution in [0.3, 0.4) is 0 Å². The molecule has 0 amide bonds. The van der Waals surface area contributed by atoms with E-state index in [1.54, 1.807) is 24.8 Å². The molecule has 134 valence electrons. The van der Waals surface area contributed by atoms with Crippen LogP contribution in [0.15, 0.2) is 39.9 Å². The summed E-state index contributed by atoms with van der Waals surface area (Å²) in [5.74, 6) is 1.47. The van der Waals surface area contributed by atoms with Crippen molar-refractivity contribution < 1.29 is 4.74 Å². The van der Waals surface area contributed by atoms with Crippen molar-refractivity contribution in [3.63, 3.8) is 0 Å². The molecular formula is C19H25N3O3. The molecule has 0 spiro atoms.